The molecule has 1 aromatic carbocycles. The van der Waals surface area contributed by atoms with Crippen molar-refractivity contribution in [2.24, 2.45) is 4.99 Å². The number of nitrogens with zero attached hydrogens (tertiary/aromatic N) is 1. The molecular formula is C18H28N4O4. The second-order valence-electron chi connectivity index (χ2n) is 5.92. The zero-order valence-corrected chi connectivity index (χ0v) is 15.8. The van der Waals surface area contributed by atoms with Gasteiger partial charge >= 0.3 is 0 Å². The zero-order valence-electron chi connectivity index (χ0n) is 15.8. The van der Waals surface area contributed by atoms with Crippen molar-refractivity contribution in [1.82, 2.24) is 16.0 Å². The van der Waals surface area contributed by atoms with Gasteiger partial charge in [-0.1, -0.05) is 0 Å². The fraction of sp³-hybridized carbons (Fsp3) is 0.556. The molecule has 0 bridgehead atoms. The van der Waals surface area contributed by atoms with Crippen LogP contribution in [0.3, 0.4) is 0 Å². The molecule has 0 atom stereocenters. The molecule has 1 aliphatic rings. The largest absolute Gasteiger partial charge is 0.493 e. The van der Waals surface area contributed by atoms with Crippen molar-refractivity contribution in [2.75, 3.05) is 34.4 Å². The van der Waals surface area contributed by atoms with E-state index in [9.17, 15) is 4.79 Å². The van der Waals surface area contributed by atoms with E-state index in [1.807, 2.05) is 19.1 Å². The quantitative estimate of drug-likeness (QED) is 0.448. The van der Waals surface area contributed by atoms with Gasteiger partial charge in [-0.25, -0.2) is 4.99 Å². The number of hydrogen-bond donors (Lipinski definition) is 3. The summed E-state index contributed by atoms with van der Waals surface area (Å²) in [5, 5.41) is 9.11. The maximum atomic E-state index is 11.8. The topological polar surface area (TPSA) is 93.2 Å². The van der Waals surface area contributed by atoms with Crippen LogP contribution in [0.4, 0.5) is 0 Å². The Hall–Kier alpha value is -2.64. The Kier molecular flexibility index (Phi) is 7.37. The summed E-state index contributed by atoms with van der Waals surface area (Å²) in [6.07, 6.45) is 2.14. The molecule has 0 unspecified atom stereocenters. The van der Waals surface area contributed by atoms with Gasteiger partial charge in [-0.05, 0) is 37.5 Å². The molecule has 2 rings (SSSR count). The fourth-order valence-corrected chi connectivity index (χ4v) is 2.41. The SMILES string of the molecule is CCNC(=NCc1cc(OC)c(OC)c(OC)c1)NCC(=O)NC1CC1. The third-order valence-electron chi connectivity index (χ3n) is 3.85. The Labute approximate surface area is 154 Å². The molecule has 0 saturated heterocycles. The summed E-state index contributed by atoms with van der Waals surface area (Å²) in [6, 6.07) is 4.06. The minimum atomic E-state index is -0.0223. The molecule has 8 nitrogen and oxygen atoms in total. The predicted octanol–water partition coefficient (Wildman–Crippen LogP) is 1.05. The first-order valence-corrected chi connectivity index (χ1v) is 8.71. The van der Waals surface area contributed by atoms with Crippen LogP contribution in [-0.2, 0) is 11.3 Å². The molecular weight excluding hydrogens is 336 g/mol. The third kappa shape index (κ3) is 5.72. The highest BCUT2D eigenvalue weighted by molar-refractivity contribution is 5.86. The zero-order chi connectivity index (χ0) is 18.9. The second-order valence-corrected chi connectivity index (χ2v) is 5.92. The van der Waals surface area contributed by atoms with Crippen LogP contribution in [0.5, 0.6) is 17.2 Å². The van der Waals surface area contributed by atoms with E-state index in [2.05, 4.69) is 20.9 Å². The van der Waals surface area contributed by atoms with Crippen LogP contribution in [0.2, 0.25) is 0 Å². The van der Waals surface area contributed by atoms with Gasteiger partial charge in [0.15, 0.2) is 17.5 Å². The standard InChI is InChI=1S/C18H28N4O4/c1-5-19-18(21-11-16(23)22-13-6-7-13)20-10-12-8-14(24-2)17(26-4)15(9-12)25-3/h8-9,13H,5-7,10-11H2,1-4H3,(H,22,23)(H2,19,20,21). The van der Waals surface area contributed by atoms with E-state index in [0.717, 1.165) is 18.4 Å². The van der Waals surface area contributed by atoms with Crippen molar-refractivity contribution >= 4 is 11.9 Å². The number of aliphatic imine (C=N–C) groups is 1. The number of amides is 1. The Morgan fingerprint density at radius 1 is 1.12 bits per heavy atom. The normalized spacial score (nSPS) is 13.8. The lowest BCUT2D eigenvalue weighted by Crippen LogP contribution is -2.43. The summed E-state index contributed by atoms with van der Waals surface area (Å²) in [7, 11) is 4.72. The molecule has 0 spiro atoms. The molecule has 8 heteroatoms. The highest BCUT2D eigenvalue weighted by Crippen LogP contribution is 2.38. The lowest BCUT2D eigenvalue weighted by Gasteiger charge is -2.14. The Morgan fingerprint density at radius 3 is 2.27 bits per heavy atom. The van der Waals surface area contributed by atoms with Crippen LogP contribution < -0.4 is 30.2 Å². The summed E-state index contributed by atoms with van der Waals surface area (Å²) in [5.41, 5.74) is 0.902. The van der Waals surface area contributed by atoms with E-state index in [-0.39, 0.29) is 12.5 Å². The van der Waals surface area contributed by atoms with E-state index in [4.69, 9.17) is 14.2 Å². The summed E-state index contributed by atoms with van der Waals surface area (Å²) < 4.78 is 16.0. The maximum absolute atomic E-state index is 11.8. The maximum Gasteiger partial charge on any atom is 0.239 e. The molecule has 1 aromatic rings. The number of benzene rings is 1. The van der Waals surface area contributed by atoms with Crippen LogP contribution in [0, 0.1) is 0 Å². The van der Waals surface area contributed by atoms with E-state index in [1.54, 1.807) is 21.3 Å². The van der Waals surface area contributed by atoms with Crippen LogP contribution in [0.1, 0.15) is 25.3 Å². The van der Waals surface area contributed by atoms with Crippen molar-refractivity contribution in [2.45, 2.75) is 32.4 Å². The molecule has 1 fully saturated rings. The number of ether oxygens (including phenoxy) is 3. The number of carbonyl (C=O) groups excluding carboxylic acids is 1. The smallest absolute Gasteiger partial charge is 0.239 e. The van der Waals surface area contributed by atoms with Crippen LogP contribution in [-0.4, -0.2) is 52.3 Å². The van der Waals surface area contributed by atoms with Gasteiger partial charge in [-0.2, -0.15) is 0 Å². The molecule has 1 saturated carbocycles. The fourth-order valence-electron chi connectivity index (χ4n) is 2.41. The molecule has 1 aliphatic carbocycles. The van der Waals surface area contributed by atoms with E-state index in [1.165, 1.54) is 0 Å². The number of nitrogens with one attached hydrogen (secondary N) is 3. The van der Waals surface area contributed by atoms with Crippen molar-refractivity contribution in [1.29, 1.82) is 0 Å². The average Bonchev–Trinajstić information content (AvgIpc) is 3.46. The van der Waals surface area contributed by atoms with Crippen LogP contribution >= 0.6 is 0 Å². The predicted molar refractivity (Wildman–Crippen MR) is 100 cm³/mol. The lowest BCUT2D eigenvalue weighted by atomic mass is 10.2. The highest BCUT2D eigenvalue weighted by atomic mass is 16.5. The van der Waals surface area contributed by atoms with Gasteiger partial charge in [0.1, 0.15) is 0 Å². The minimum absolute atomic E-state index is 0.0223. The first-order chi connectivity index (χ1) is 12.6. The van der Waals surface area contributed by atoms with E-state index < -0.39 is 0 Å². The molecule has 0 heterocycles. The van der Waals surface area contributed by atoms with Crippen molar-refractivity contribution < 1.29 is 19.0 Å². The van der Waals surface area contributed by atoms with Gasteiger partial charge in [0, 0.05) is 12.6 Å². The number of guanidine groups is 1. The highest BCUT2D eigenvalue weighted by Gasteiger charge is 2.23. The molecule has 3 N–H and O–H groups in total. The number of carbonyl (C=O) groups is 1. The van der Waals surface area contributed by atoms with E-state index >= 15 is 0 Å². The molecule has 26 heavy (non-hydrogen) atoms. The van der Waals surface area contributed by atoms with Crippen LogP contribution in [0.15, 0.2) is 17.1 Å². The lowest BCUT2D eigenvalue weighted by molar-refractivity contribution is -0.120. The second kappa shape index (κ2) is 9.74. The van der Waals surface area contributed by atoms with Crippen molar-refractivity contribution in [3.05, 3.63) is 17.7 Å². The average molecular weight is 364 g/mol. The molecule has 0 radical (unpaired) electrons. The van der Waals surface area contributed by atoms with Gasteiger partial charge in [0.2, 0.25) is 11.7 Å². The first-order valence-electron chi connectivity index (χ1n) is 8.71. The molecule has 1 amide bonds. The van der Waals surface area contributed by atoms with Gasteiger partial charge < -0.3 is 30.2 Å². The van der Waals surface area contributed by atoms with Gasteiger partial charge in [-0.3, -0.25) is 4.79 Å². The minimum Gasteiger partial charge on any atom is -0.493 e. The number of rotatable bonds is 9. The summed E-state index contributed by atoms with van der Waals surface area (Å²) in [6.45, 7) is 3.26. The van der Waals surface area contributed by atoms with Gasteiger partial charge in [-0.15, -0.1) is 0 Å². The Bertz CT molecular complexity index is 619. The monoisotopic (exact) mass is 364 g/mol. The van der Waals surface area contributed by atoms with Crippen LogP contribution in [0.25, 0.3) is 0 Å². The molecule has 0 aliphatic heterocycles. The van der Waals surface area contributed by atoms with Crippen molar-refractivity contribution in [3.8, 4) is 17.2 Å². The third-order valence-corrected chi connectivity index (χ3v) is 3.85. The summed E-state index contributed by atoms with van der Waals surface area (Å²) >= 11 is 0. The number of methoxy groups -OCH3 is 3. The Balaban J connectivity index is 2.03. The first kappa shape index (κ1) is 19.7. The summed E-state index contributed by atoms with van der Waals surface area (Å²) in [5.74, 6) is 2.26. The molecule has 0 aromatic heterocycles. The van der Waals surface area contributed by atoms with Gasteiger partial charge in [0.25, 0.3) is 0 Å². The Morgan fingerprint density at radius 2 is 1.77 bits per heavy atom. The number of hydrogen-bond acceptors (Lipinski definition) is 5. The van der Waals surface area contributed by atoms with E-state index in [0.29, 0.717) is 42.3 Å². The summed E-state index contributed by atoms with van der Waals surface area (Å²) in [4.78, 5) is 16.3. The molecule has 144 valence electrons. The van der Waals surface area contributed by atoms with Gasteiger partial charge in [0.05, 0.1) is 34.4 Å². The van der Waals surface area contributed by atoms with Crippen molar-refractivity contribution in [3.63, 3.8) is 0 Å².